The largest absolute Gasteiger partial charge is 0.495 e. The van der Waals surface area contributed by atoms with Crippen LogP contribution in [0.5, 0.6) is 11.5 Å². The molecule has 1 N–H and O–H groups in total. The summed E-state index contributed by atoms with van der Waals surface area (Å²) >= 11 is 7.62. The van der Waals surface area contributed by atoms with Crippen LogP contribution in [0.4, 0.5) is 5.69 Å². The summed E-state index contributed by atoms with van der Waals surface area (Å²) in [5, 5.41) is 5.17. The van der Waals surface area contributed by atoms with E-state index in [1.807, 2.05) is 18.4 Å². The van der Waals surface area contributed by atoms with Crippen LogP contribution in [-0.4, -0.2) is 20.1 Å². The molecule has 0 aliphatic carbocycles. The van der Waals surface area contributed by atoms with Crippen LogP contribution in [0.15, 0.2) is 29.7 Å². The van der Waals surface area contributed by atoms with Crippen molar-refractivity contribution in [2.75, 3.05) is 19.5 Å². The number of rotatable bonds is 5. The fourth-order valence-electron chi connectivity index (χ4n) is 1.84. The third-order valence-corrected chi connectivity index (χ3v) is 4.30. The minimum Gasteiger partial charge on any atom is -0.495 e. The molecular formula is C16H16ClNO3S. The highest BCUT2D eigenvalue weighted by atomic mass is 35.5. The number of aryl methyl sites for hydroxylation is 1. The summed E-state index contributed by atoms with van der Waals surface area (Å²) in [5.74, 6) is 0.686. The molecule has 0 fully saturated rings. The second-order valence-electron chi connectivity index (χ2n) is 4.48. The second-order valence-corrected chi connectivity index (χ2v) is 5.83. The van der Waals surface area contributed by atoms with Gasteiger partial charge in [-0.2, -0.15) is 0 Å². The molecule has 1 aromatic heterocycles. The van der Waals surface area contributed by atoms with Crippen LogP contribution < -0.4 is 14.8 Å². The highest BCUT2D eigenvalue weighted by molar-refractivity contribution is 7.11. The molecule has 2 aromatic rings. The van der Waals surface area contributed by atoms with E-state index in [1.165, 1.54) is 20.3 Å². The number of benzene rings is 1. The third-order valence-electron chi connectivity index (χ3n) is 3.02. The topological polar surface area (TPSA) is 47.6 Å². The second kappa shape index (κ2) is 7.33. The monoisotopic (exact) mass is 337 g/mol. The van der Waals surface area contributed by atoms with Gasteiger partial charge in [0.1, 0.15) is 11.5 Å². The maximum atomic E-state index is 12.0. The number of anilines is 1. The molecule has 1 aromatic carbocycles. The van der Waals surface area contributed by atoms with Gasteiger partial charge in [-0.15, -0.1) is 11.3 Å². The van der Waals surface area contributed by atoms with Crippen LogP contribution in [0, 0.1) is 6.92 Å². The molecule has 1 heterocycles. The van der Waals surface area contributed by atoms with Crippen LogP contribution in [0.1, 0.15) is 10.4 Å². The molecule has 0 radical (unpaired) electrons. The fourth-order valence-corrected chi connectivity index (χ4v) is 2.89. The summed E-state index contributed by atoms with van der Waals surface area (Å²) in [6.45, 7) is 2.00. The van der Waals surface area contributed by atoms with E-state index in [0.29, 0.717) is 22.2 Å². The average Bonchev–Trinajstić information content (AvgIpc) is 2.91. The lowest BCUT2D eigenvalue weighted by Gasteiger charge is -2.12. The van der Waals surface area contributed by atoms with Crippen molar-refractivity contribution in [3.8, 4) is 11.5 Å². The predicted molar refractivity (Wildman–Crippen MR) is 91.3 cm³/mol. The Morgan fingerprint density at radius 1 is 1.27 bits per heavy atom. The highest BCUT2D eigenvalue weighted by Crippen LogP contribution is 2.35. The third kappa shape index (κ3) is 3.81. The van der Waals surface area contributed by atoms with Gasteiger partial charge < -0.3 is 14.8 Å². The molecule has 0 bridgehead atoms. The number of hydrogen-bond donors (Lipinski definition) is 1. The smallest absolute Gasteiger partial charge is 0.248 e. The Hall–Kier alpha value is -1.98. The molecule has 0 saturated carbocycles. The maximum Gasteiger partial charge on any atom is 0.248 e. The lowest BCUT2D eigenvalue weighted by molar-refractivity contribution is -0.111. The molecule has 116 valence electrons. The van der Waals surface area contributed by atoms with Crippen molar-refractivity contribution in [1.29, 1.82) is 0 Å². The van der Waals surface area contributed by atoms with Crippen molar-refractivity contribution in [3.63, 3.8) is 0 Å². The normalized spacial score (nSPS) is 10.7. The minimum atomic E-state index is -0.254. The summed E-state index contributed by atoms with van der Waals surface area (Å²) in [5.41, 5.74) is 1.64. The minimum absolute atomic E-state index is 0.254. The molecule has 0 aliphatic heterocycles. The van der Waals surface area contributed by atoms with Crippen LogP contribution in [0.3, 0.4) is 0 Å². The van der Waals surface area contributed by atoms with E-state index in [4.69, 9.17) is 21.1 Å². The first-order valence-electron chi connectivity index (χ1n) is 6.50. The molecule has 0 saturated heterocycles. The first-order valence-corrected chi connectivity index (χ1v) is 7.75. The average molecular weight is 338 g/mol. The van der Waals surface area contributed by atoms with Gasteiger partial charge in [0.15, 0.2) is 0 Å². The lowest BCUT2D eigenvalue weighted by atomic mass is 10.2. The predicted octanol–water partition coefficient (Wildman–Crippen LogP) is 4.38. The number of amides is 1. The summed E-state index contributed by atoms with van der Waals surface area (Å²) in [6, 6.07) is 5.24. The molecule has 0 unspecified atom stereocenters. The lowest BCUT2D eigenvalue weighted by Crippen LogP contribution is -2.09. The van der Waals surface area contributed by atoms with Crippen LogP contribution in [-0.2, 0) is 4.79 Å². The van der Waals surface area contributed by atoms with Crippen LogP contribution in [0.25, 0.3) is 6.08 Å². The van der Waals surface area contributed by atoms with Gasteiger partial charge >= 0.3 is 0 Å². The Morgan fingerprint density at radius 2 is 2.00 bits per heavy atom. The van der Waals surface area contributed by atoms with Gasteiger partial charge in [-0.25, -0.2) is 0 Å². The van der Waals surface area contributed by atoms with Crippen molar-refractivity contribution in [1.82, 2.24) is 0 Å². The molecule has 1 amide bonds. The van der Waals surface area contributed by atoms with E-state index < -0.39 is 0 Å². The SMILES string of the molecule is COc1cc(NC(=O)/C=C/c2sccc2C)c(OC)cc1Cl. The molecule has 6 heteroatoms. The summed E-state index contributed by atoms with van der Waals surface area (Å²) < 4.78 is 10.4. The number of methoxy groups -OCH3 is 2. The van der Waals surface area contributed by atoms with Gasteiger partial charge in [-0.1, -0.05) is 11.6 Å². The van der Waals surface area contributed by atoms with Crippen LogP contribution in [0.2, 0.25) is 5.02 Å². The molecule has 0 atom stereocenters. The van der Waals surface area contributed by atoms with Crippen LogP contribution >= 0.6 is 22.9 Å². The number of hydrogen-bond acceptors (Lipinski definition) is 4. The standard InChI is InChI=1S/C16H16ClNO3S/c1-10-6-7-22-15(10)4-5-16(19)18-12-9-13(20-2)11(17)8-14(12)21-3/h4-9H,1-3H3,(H,18,19)/b5-4+. The highest BCUT2D eigenvalue weighted by Gasteiger charge is 2.11. The Morgan fingerprint density at radius 3 is 2.59 bits per heavy atom. The molecule has 0 spiro atoms. The first-order chi connectivity index (χ1) is 10.5. The van der Waals surface area contributed by atoms with Crippen molar-refractivity contribution < 1.29 is 14.3 Å². The van der Waals surface area contributed by atoms with Gasteiger partial charge in [0, 0.05) is 23.1 Å². The molecule has 22 heavy (non-hydrogen) atoms. The molecule has 0 aliphatic rings. The Bertz CT molecular complexity index is 709. The number of thiophene rings is 1. The Kier molecular flexibility index (Phi) is 5.46. The molecule has 4 nitrogen and oxygen atoms in total. The van der Waals surface area contributed by atoms with E-state index in [1.54, 1.807) is 29.5 Å². The summed E-state index contributed by atoms with van der Waals surface area (Å²) in [7, 11) is 3.03. The first kappa shape index (κ1) is 16.4. The van der Waals surface area contributed by atoms with Gasteiger partial charge in [0.05, 0.1) is 24.9 Å². The van der Waals surface area contributed by atoms with E-state index in [2.05, 4.69) is 5.32 Å². The van der Waals surface area contributed by atoms with Crippen molar-refractivity contribution >= 4 is 40.6 Å². The van der Waals surface area contributed by atoms with E-state index in [0.717, 1.165) is 10.4 Å². The van der Waals surface area contributed by atoms with Crippen molar-refractivity contribution in [2.45, 2.75) is 6.92 Å². The Balaban J connectivity index is 2.17. The number of halogens is 1. The van der Waals surface area contributed by atoms with Crippen molar-refractivity contribution in [3.05, 3.63) is 45.1 Å². The quantitative estimate of drug-likeness (QED) is 0.824. The zero-order chi connectivity index (χ0) is 16.1. The number of nitrogens with one attached hydrogen (secondary N) is 1. The van der Waals surface area contributed by atoms with Gasteiger partial charge in [0.25, 0.3) is 0 Å². The Labute approximate surface area is 138 Å². The van der Waals surface area contributed by atoms with Gasteiger partial charge in [0.2, 0.25) is 5.91 Å². The van der Waals surface area contributed by atoms with E-state index in [-0.39, 0.29) is 5.91 Å². The summed E-state index contributed by atoms with van der Waals surface area (Å²) in [6.07, 6.45) is 3.27. The zero-order valence-electron chi connectivity index (χ0n) is 12.5. The van der Waals surface area contributed by atoms with E-state index in [9.17, 15) is 4.79 Å². The molecule has 2 rings (SSSR count). The van der Waals surface area contributed by atoms with E-state index >= 15 is 0 Å². The summed E-state index contributed by atoms with van der Waals surface area (Å²) in [4.78, 5) is 13.1. The van der Waals surface area contributed by atoms with Gasteiger partial charge in [-0.05, 0) is 30.0 Å². The van der Waals surface area contributed by atoms with Crippen molar-refractivity contribution in [2.24, 2.45) is 0 Å². The molecular weight excluding hydrogens is 322 g/mol. The van der Waals surface area contributed by atoms with Gasteiger partial charge in [-0.3, -0.25) is 4.79 Å². The number of carbonyl (C=O) groups excluding carboxylic acids is 1. The fraction of sp³-hybridized carbons (Fsp3) is 0.188. The number of carbonyl (C=O) groups is 1. The zero-order valence-corrected chi connectivity index (χ0v) is 14.0. The number of ether oxygens (including phenoxy) is 2. The maximum absolute atomic E-state index is 12.0.